The van der Waals surface area contributed by atoms with Crippen molar-refractivity contribution >= 4 is 17.7 Å². The number of thioether (sulfide) groups is 1. The fourth-order valence-corrected chi connectivity index (χ4v) is 2.88. The topological polar surface area (TPSA) is 72.7 Å². The first-order valence-electron chi connectivity index (χ1n) is 7.52. The van der Waals surface area contributed by atoms with Crippen LogP contribution in [0, 0.1) is 0 Å². The molecule has 3 aromatic heterocycles. The SMILES string of the molecule is O=C(CSc1nccn1Cc1ccccn1)NCc1ccccn1. The first-order valence-corrected chi connectivity index (χ1v) is 8.50. The van der Waals surface area contributed by atoms with E-state index in [1.807, 2.05) is 47.2 Å². The van der Waals surface area contributed by atoms with Gasteiger partial charge in [0.1, 0.15) is 0 Å². The molecule has 0 bridgehead atoms. The molecule has 3 rings (SSSR count). The summed E-state index contributed by atoms with van der Waals surface area (Å²) in [4.78, 5) is 24.8. The van der Waals surface area contributed by atoms with Gasteiger partial charge in [0.2, 0.25) is 5.91 Å². The number of carbonyl (C=O) groups is 1. The molecule has 0 spiro atoms. The van der Waals surface area contributed by atoms with Crippen molar-refractivity contribution in [2.75, 3.05) is 5.75 Å². The van der Waals surface area contributed by atoms with Crippen molar-refractivity contribution < 1.29 is 4.79 Å². The summed E-state index contributed by atoms with van der Waals surface area (Å²) in [7, 11) is 0. The number of nitrogens with one attached hydrogen (secondary N) is 1. The minimum atomic E-state index is -0.0435. The van der Waals surface area contributed by atoms with Crippen molar-refractivity contribution in [2.45, 2.75) is 18.2 Å². The van der Waals surface area contributed by atoms with Crippen LogP contribution >= 0.6 is 11.8 Å². The molecular formula is C17H17N5OS. The minimum Gasteiger partial charge on any atom is -0.350 e. The van der Waals surface area contributed by atoms with Crippen molar-refractivity contribution in [1.29, 1.82) is 0 Å². The van der Waals surface area contributed by atoms with Crippen molar-refractivity contribution in [3.63, 3.8) is 0 Å². The van der Waals surface area contributed by atoms with Crippen LogP contribution in [0.25, 0.3) is 0 Å². The normalized spacial score (nSPS) is 10.5. The van der Waals surface area contributed by atoms with Gasteiger partial charge in [0, 0.05) is 24.8 Å². The third-order valence-corrected chi connectivity index (χ3v) is 4.27. The second-order valence-electron chi connectivity index (χ2n) is 5.05. The van der Waals surface area contributed by atoms with Crippen molar-refractivity contribution in [3.05, 3.63) is 72.6 Å². The number of carbonyl (C=O) groups excluding carboxylic acids is 1. The molecule has 6 nitrogen and oxygen atoms in total. The van der Waals surface area contributed by atoms with Gasteiger partial charge >= 0.3 is 0 Å². The molecule has 0 saturated carbocycles. The number of pyridine rings is 2. The lowest BCUT2D eigenvalue weighted by atomic mass is 10.3. The van der Waals surface area contributed by atoms with Gasteiger partial charge in [-0.2, -0.15) is 0 Å². The summed E-state index contributed by atoms with van der Waals surface area (Å²) in [5.41, 5.74) is 1.80. The number of nitrogens with zero attached hydrogens (tertiary/aromatic N) is 4. The molecule has 0 aliphatic rings. The third kappa shape index (κ3) is 4.66. The van der Waals surface area contributed by atoms with E-state index in [4.69, 9.17) is 0 Å². The quantitative estimate of drug-likeness (QED) is 0.668. The first kappa shape index (κ1) is 16.2. The minimum absolute atomic E-state index is 0.0435. The van der Waals surface area contributed by atoms with Gasteiger partial charge in [-0.25, -0.2) is 4.98 Å². The molecule has 7 heteroatoms. The van der Waals surface area contributed by atoms with Crippen molar-refractivity contribution in [3.8, 4) is 0 Å². The lowest BCUT2D eigenvalue weighted by Gasteiger charge is -2.07. The van der Waals surface area contributed by atoms with Crippen LogP contribution in [0.4, 0.5) is 0 Å². The second-order valence-corrected chi connectivity index (χ2v) is 5.99. The molecule has 0 aliphatic carbocycles. The average Bonchev–Trinajstić information content (AvgIpc) is 3.07. The van der Waals surface area contributed by atoms with Crippen LogP contribution in [0.2, 0.25) is 0 Å². The number of hydrogen-bond donors (Lipinski definition) is 1. The molecule has 0 fully saturated rings. The summed E-state index contributed by atoms with van der Waals surface area (Å²) in [5.74, 6) is 0.268. The van der Waals surface area contributed by atoms with Crippen LogP contribution in [-0.4, -0.2) is 31.2 Å². The second kappa shape index (κ2) is 8.26. The molecule has 1 amide bonds. The molecule has 1 N–H and O–H groups in total. The number of aromatic nitrogens is 4. The maximum absolute atomic E-state index is 12.0. The number of hydrogen-bond acceptors (Lipinski definition) is 5. The van der Waals surface area contributed by atoms with Gasteiger partial charge < -0.3 is 9.88 Å². The van der Waals surface area contributed by atoms with Gasteiger partial charge in [-0.3, -0.25) is 14.8 Å². The van der Waals surface area contributed by atoms with Gasteiger partial charge in [-0.15, -0.1) is 0 Å². The molecule has 3 heterocycles. The Kier molecular flexibility index (Phi) is 5.57. The van der Waals surface area contributed by atoms with Crippen LogP contribution < -0.4 is 5.32 Å². The Morgan fingerprint density at radius 2 is 1.75 bits per heavy atom. The van der Waals surface area contributed by atoms with Crippen LogP contribution in [-0.2, 0) is 17.9 Å². The zero-order chi connectivity index (χ0) is 16.6. The maximum atomic E-state index is 12.0. The molecule has 24 heavy (non-hydrogen) atoms. The number of imidazole rings is 1. The van der Waals surface area contributed by atoms with Crippen molar-refractivity contribution in [2.24, 2.45) is 0 Å². The lowest BCUT2D eigenvalue weighted by Crippen LogP contribution is -2.25. The first-order chi connectivity index (χ1) is 11.8. The van der Waals surface area contributed by atoms with Gasteiger partial charge in [-0.05, 0) is 24.3 Å². The molecule has 122 valence electrons. The van der Waals surface area contributed by atoms with E-state index in [1.54, 1.807) is 18.6 Å². The summed E-state index contributed by atoms with van der Waals surface area (Å²) in [5, 5.41) is 3.66. The van der Waals surface area contributed by atoms with Gasteiger partial charge in [0.25, 0.3) is 0 Å². The molecule has 3 aromatic rings. The fourth-order valence-electron chi connectivity index (χ4n) is 2.10. The molecule has 0 aromatic carbocycles. The summed E-state index contributed by atoms with van der Waals surface area (Å²) >= 11 is 1.41. The predicted octanol–water partition coefficient (Wildman–Crippen LogP) is 2.13. The van der Waals surface area contributed by atoms with Crippen LogP contribution in [0.3, 0.4) is 0 Å². The van der Waals surface area contributed by atoms with Crippen LogP contribution in [0.1, 0.15) is 11.4 Å². The summed E-state index contributed by atoms with van der Waals surface area (Å²) in [6.07, 6.45) is 7.11. The highest BCUT2D eigenvalue weighted by Gasteiger charge is 2.08. The Bertz CT molecular complexity index is 776. The fraction of sp³-hybridized carbons (Fsp3) is 0.176. The number of rotatable bonds is 7. The molecule has 0 atom stereocenters. The molecule has 0 radical (unpaired) electrons. The van der Waals surface area contributed by atoms with Gasteiger partial charge in [0.15, 0.2) is 5.16 Å². The monoisotopic (exact) mass is 339 g/mol. The largest absolute Gasteiger partial charge is 0.350 e. The van der Waals surface area contributed by atoms with E-state index in [2.05, 4.69) is 20.3 Å². The Morgan fingerprint density at radius 1 is 1.00 bits per heavy atom. The Labute approximate surface area is 144 Å². The zero-order valence-electron chi connectivity index (χ0n) is 13.0. The predicted molar refractivity (Wildman–Crippen MR) is 92.4 cm³/mol. The Balaban J connectivity index is 1.50. The Morgan fingerprint density at radius 3 is 2.46 bits per heavy atom. The summed E-state index contributed by atoms with van der Waals surface area (Å²) in [6.45, 7) is 1.07. The van der Waals surface area contributed by atoms with E-state index >= 15 is 0 Å². The summed E-state index contributed by atoms with van der Waals surface area (Å²) in [6, 6.07) is 11.4. The molecule has 0 saturated heterocycles. The molecule has 0 unspecified atom stereocenters. The molecule has 0 aliphatic heterocycles. The van der Waals surface area contributed by atoms with E-state index < -0.39 is 0 Å². The maximum Gasteiger partial charge on any atom is 0.230 e. The average molecular weight is 339 g/mol. The van der Waals surface area contributed by atoms with E-state index in [0.717, 1.165) is 16.5 Å². The van der Waals surface area contributed by atoms with Crippen LogP contribution in [0.5, 0.6) is 0 Å². The lowest BCUT2D eigenvalue weighted by molar-refractivity contribution is -0.118. The highest BCUT2D eigenvalue weighted by atomic mass is 32.2. The van der Waals surface area contributed by atoms with Gasteiger partial charge in [-0.1, -0.05) is 23.9 Å². The van der Waals surface area contributed by atoms with Crippen LogP contribution in [0.15, 0.2) is 66.3 Å². The van der Waals surface area contributed by atoms with Gasteiger partial charge in [0.05, 0.1) is 30.2 Å². The Hall–Kier alpha value is -2.67. The zero-order valence-corrected chi connectivity index (χ0v) is 13.8. The standard InChI is InChI=1S/C17H17N5OS/c23-16(21-11-14-5-1-3-7-18-14)13-24-17-20-9-10-22(17)12-15-6-2-4-8-19-15/h1-10H,11-13H2,(H,21,23). The summed E-state index contributed by atoms with van der Waals surface area (Å²) < 4.78 is 1.99. The van der Waals surface area contributed by atoms with E-state index in [9.17, 15) is 4.79 Å². The van der Waals surface area contributed by atoms with Crippen molar-refractivity contribution in [1.82, 2.24) is 24.8 Å². The highest BCUT2D eigenvalue weighted by molar-refractivity contribution is 7.99. The molecular weight excluding hydrogens is 322 g/mol. The van der Waals surface area contributed by atoms with E-state index in [0.29, 0.717) is 18.8 Å². The van der Waals surface area contributed by atoms with E-state index in [1.165, 1.54) is 11.8 Å². The highest BCUT2D eigenvalue weighted by Crippen LogP contribution is 2.16. The van der Waals surface area contributed by atoms with E-state index in [-0.39, 0.29) is 5.91 Å². The smallest absolute Gasteiger partial charge is 0.230 e. The number of amides is 1. The third-order valence-electron chi connectivity index (χ3n) is 3.26.